The summed E-state index contributed by atoms with van der Waals surface area (Å²) in [5, 5.41) is 0. The SMILES string of the molecule is CN(C)c1cc[c]([Pd-2]([Cl])([Cl])[c]2ccc(N(C)C)cc2)cc1. The van der Waals surface area contributed by atoms with Crippen LogP contribution in [0.4, 0.5) is 11.4 Å². The number of halogens is 2. The quantitative estimate of drug-likeness (QED) is 0.705. The molecule has 0 aliphatic carbocycles. The fraction of sp³-hybridized carbons (Fsp3) is 0.250. The second kappa shape index (κ2) is 6.59. The molecule has 0 aliphatic rings. The third kappa shape index (κ3) is 3.73. The molecule has 0 unspecified atom stereocenters. The first-order valence-electron chi connectivity index (χ1n) is 6.43. The summed E-state index contributed by atoms with van der Waals surface area (Å²) in [5.41, 5.74) is 2.28. The van der Waals surface area contributed by atoms with Crippen LogP contribution in [0.3, 0.4) is 0 Å². The predicted octanol–water partition coefficient (Wildman–Crippen LogP) is 3.23. The van der Waals surface area contributed by atoms with Crippen LogP contribution in [0.25, 0.3) is 0 Å². The van der Waals surface area contributed by atoms with E-state index in [1.807, 2.05) is 52.5 Å². The van der Waals surface area contributed by atoms with E-state index in [9.17, 15) is 0 Å². The van der Waals surface area contributed by atoms with Crippen LogP contribution in [-0.2, 0) is 13.5 Å². The van der Waals surface area contributed by atoms with Gasteiger partial charge in [0, 0.05) is 0 Å². The summed E-state index contributed by atoms with van der Waals surface area (Å²) in [6, 6.07) is 16.4. The van der Waals surface area contributed by atoms with Gasteiger partial charge in [0.15, 0.2) is 0 Å². The predicted molar refractivity (Wildman–Crippen MR) is 92.5 cm³/mol. The standard InChI is InChI=1S/2C8H10N.2ClH.Pd/c2*1-9(2)8-6-4-3-5-7-8;;;/h2*4-7H,1-2H3;2*1H;/p-2. The molecule has 0 aliphatic heterocycles. The Kier molecular flexibility index (Phi) is 5.22. The first-order valence-corrected chi connectivity index (χ1v) is 12.0. The Labute approximate surface area is 138 Å². The third-order valence-corrected chi connectivity index (χ3v) is 9.66. The monoisotopic (exact) mass is 416 g/mol. The number of benzene rings is 2. The van der Waals surface area contributed by atoms with Crippen molar-refractivity contribution < 1.29 is 13.5 Å². The van der Waals surface area contributed by atoms with Crippen molar-refractivity contribution in [2.75, 3.05) is 38.0 Å². The molecular weight excluding hydrogens is 398 g/mol. The molecule has 0 radical (unpaired) electrons. The molecule has 120 valence electrons. The Balaban J connectivity index is 2.31. The first-order chi connectivity index (χ1) is 9.82. The minimum absolute atomic E-state index is 1.02. The van der Waals surface area contributed by atoms with Gasteiger partial charge in [0.1, 0.15) is 0 Å². The molecule has 0 heterocycles. The maximum absolute atomic E-state index is 6.74. The molecule has 0 amide bonds. The van der Waals surface area contributed by atoms with Gasteiger partial charge in [0.2, 0.25) is 0 Å². The zero-order chi connectivity index (χ0) is 15.6. The molecule has 0 saturated heterocycles. The van der Waals surface area contributed by atoms with Crippen molar-refractivity contribution in [2.24, 2.45) is 0 Å². The van der Waals surface area contributed by atoms with Crippen molar-refractivity contribution in [3.8, 4) is 0 Å². The molecule has 5 heteroatoms. The molecular formula is C16H20Cl2N2Pd-2. The van der Waals surface area contributed by atoms with Gasteiger partial charge < -0.3 is 0 Å². The Morgan fingerprint density at radius 2 is 0.905 bits per heavy atom. The van der Waals surface area contributed by atoms with Crippen LogP contribution in [0.5, 0.6) is 0 Å². The van der Waals surface area contributed by atoms with Crippen molar-refractivity contribution in [1.29, 1.82) is 0 Å². The summed E-state index contributed by atoms with van der Waals surface area (Å²) in [4.78, 5) is 4.12. The van der Waals surface area contributed by atoms with Gasteiger partial charge in [-0.2, -0.15) is 0 Å². The summed E-state index contributed by atoms with van der Waals surface area (Å²) < 4.78 is 2.04. The Morgan fingerprint density at radius 3 is 1.14 bits per heavy atom. The van der Waals surface area contributed by atoms with E-state index in [0.29, 0.717) is 0 Å². The summed E-state index contributed by atoms with van der Waals surface area (Å²) in [7, 11) is 21.5. The third-order valence-electron chi connectivity index (χ3n) is 3.10. The van der Waals surface area contributed by atoms with Crippen molar-refractivity contribution in [3.05, 3.63) is 48.5 Å². The average molecular weight is 418 g/mol. The van der Waals surface area contributed by atoms with Crippen molar-refractivity contribution >= 4 is 38.5 Å². The molecule has 2 rings (SSSR count). The summed E-state index contributed by atoms with van der Waals surface area (Å²) >= 11 is -2.79. The maximum atomic E-state index is 6.74. The van der Waals surface area contributed by atoms with Crippen molar-refractivity contribution in [1.82, 2.24) is 0 Å². The second-order valence-electron chi connectivity index (χ2n) is 5.03. The zero-order valence-electron chi connectivity index (χ0n) is 12.6. The van der Waals surface area contributed by atoms with Crippen LogP contribution in [0.1, 0.15) is 0 Å². The van der Waals surface area contributed by atoms with E-state index >= 15 is 0 Å². The zero-order valence-corrected chi connectivity index (χ0v) is 15.7. The minimum atomic E-state index is -2.79. The molecule has 0 aromatic heterocycles. The van der Waals surface area contributed by atoms with Gasteiger partial charge in [-0.15, -0.1) is 0 Å². The average Bonchev–Trinajstić information content (AvgIpc) is 2.47. The van der Waals surface area contributed by atoms with Crippen LogP contribution < -0.4 is 17.9 Å². The van der Waals surface area contributed by atoms with Crippen molar-refractivity contribution in [2.45, 2.75) is 0 Å². The van der Waals surface area contributed by atoms with Crippen LogP contribution in [-0.4, -0.2) is 28.2 Å². The molecule has 0 spiro atoms. The molecule has 2 nitrogen and oxygen atoms in total. The van der Waals surface area contributed by atoms with Crippen LogP contribution in [0.2, 0.25) is 0 Å². The molecule has 2 aromatic carbocycles. The van der Waals surface area contributed by atoms with Gasteiger partial charge in [0.05, 0.1) is 0 Å². The van der Waals surface area contributed by atoms with E-state index in [1.54, 1.807) is 0 Å². The fourth-order valence-electron chi connectivity index (χ4n) is 1.83. The van der Waals surface area contributed by atoms with Crippen LogP contribution in [0.15, 0.2) is 48.5 Å². The van der Waals surface area contributed by atoms with Gasteiger partial charge in [-0.3, -0.25) is 0 Å². The normalized spacial score (nSPS) is 12.1. The van der Waals surface area contributed by atoms with Gasteiger partial charge in [-0.1, -0.05) is 0 Å². The van der Waals surface area contributed by atoms with E-state index in [2.05, 4.69) is 34.1 Å². The van der Waals surface area contributed by atoms with Gasteiger partial charge >= 0.3 is 139 Å². The molecule has 0 fully saturated rings. The number of hydrogen-bond donors (Lipinski definition) is 0. The second-order valence-corrected chi connectivity index (χ2v) is 13.6. The van der Waals surface area contributed by atoms with Crippen LogP contribution in [0, 0.1) is 0 Å². The fourth-order valence-corrected chi connectivity index (χ4v) is 6.05. The summed E-state index contributed by atoms with van der Waals surface area (Å²) in [5.74, 6) is 0. The number of hydrogen-bond acceptors (Lipinski definition) is 2. The van der Waals surface area contributed by atoms with E-state index in [1.165, 1.54) is 0 Å². The molecule has 0 N–H and O–H groups in total. The Bertz CT molecular complexity index is 539. The van der Waals surface area contributed by atoms with Gasteiger partial charge in [0.25, 0.3) is 0 Å². The topological polar surface area (TPSA) is 6.48 Å². The first kappa shape index (κ1) is 16.6. The molecule has 2 aromatic rings. The van der Waals surface area contributed by atoms with E-state index in [-0.39, 0.29) is 0 Å². The van der Waals surface area contributed by atoms with Crippen molar-refractivity contribution in [3.63, 3.8) is 0 Å². The summed E-state index contributed by atoms with van der Waals surface area (Å²) in [6.45, 7) is 0. The number of anilines is 2. The van der Waals surface area contributed by atoms with Gasteiger partial charge in [-0.25, -0.2) is 0 Å². The number of rotatable bonds is 4. The molecule has 0 bridgehead atoms. The van der Waals surface area contributed by atoms with Gasteiger partial charge in [-0.05, 0) is 0 Å². The van der Waals surface area contributed by atoms with E-state index in [0.717, 1.165) is 19.4 Å². The Morgan fingerprint density at radius 1 is 0.619 bits per heavy atom. The molecule has 21 heavy (non-hydrogen) atoms. The Hall–Kier alpha value is -0.718. The number of nitrogens with zero attached hydrogens (tertiary/aromatic N) is 2. The van der Waals surface area contributed by atoms with E-state index in [4.69, 9.17) is 19.1 Å². The van der Waals surface area contributed by atoms with E-state index < -0.39 is 13.5 Å². The summed E-state index contributed by atoms with van der Waals surface area (Å²) in [6.07, 6.45) is 0. The molecule has 0 atom stereocenters. The molecule has 0 saturated carbocycles. The van der Waals surface area contributed by atoms with Crippen LogP contribution >= 0.6 is 19.1 Å².